The molecule has 0 aromatic heterocycles. The van der Waals surface area contributed by atoms with Gasteiger partial charge in [-0.2, -0.15) is 0 Å². The highest BCUT2D eigenvalue weighted by Gasteiger charge is 2.28. The van der Waals surface area contributed by atoms with Gasteiger partial charge in [0, 0.05) is 5.30 Å². The van der Waals surface area contributed by atoms with Gasteiger partial charge in [0.05, 0.1) is 18.3 Å². The minimum Gasteiger partial charge on any atom is -0.488 e. The van der Waals surface area contributed by atoms with Crippen molar-refractivity contribution in [3.8, 4) is 18.1 Å². The van der Waals surface area contributed by atoms with E-state index in [0.717, 1.165) is 17.7 Å². The number of rotatable bonds is 5. The molecule has 0 heterocycles. The van der Waals surface area contributed by atoms with E-state index >= 15 is 0 Å². The smallest absolute Gasteiger partial charge is 0.412 e. The van der Waals surface area contributed by atoms with Crippen LogP contribution in [0.3, 0.4) is 0 Å². The van der Waals surface area contributed by atoms with Crippen LogP contribution in [0.4, 0.5) is 10.5 Å². The van der Waals surface area contributed by atoms with Crippen LogP contribution in [-0.4, -0.2) is 37.2 Å². The molecule has 0 unspecified atom stereocenters. The second-order valence-corrected chi connectivity index (χ2v) is 8.61. The van der Waals surface area contributed by atoms with Gasteiger partial charge in [-0.05, 0) is 44.4 Å². The average molecular weight is 307 g/mol. The van der Waals surface area contributed by atoms with Crippen LogP contribution in [0.15, 0.2) is 18.2 Å². The fourth-order valence-electron chi connectivity index (χ4n) is 1.87. The van der Waals surface area contributed by atoms with Crippen molar-refractivity contribution in [2.45, 2.75) is 18.9 Å². The lowest BCUT2D eigenvalue weighted by molar-refractivity contribution is 0.202. The highest BCUT2D eigenvalue weighted by molar-refractivity contribution is 7.70. The van der Waals surface area contributed by atoms with Crippen LogP contribution < -0.4 is 14.9 Å². The summed E-state index contributed by atoms with van der Waals surface area (Å²) in [5.41, 5.74) is 0.393. The lowest BCUT2D eigenvalue weighted by atomic mass is 10.2. The van der Waals surface area contributed by atoms with E-state index in [1.54, 1.807) is 31.5 Å². The zero-order chi connectivity index (χ0) is 15.6. The Morgan fingerprint density at radius 3 is 2.67 bits per heavy atom. The first-order chi connectivity index (χ1) is 9.82. The van der Waals surface area contributed by atoms with Gasteiger partial charge in [0.15, 0.2) is 0 Å². The van der Waals surface area contributed by atoms with Crippen molar-refractivity contribution in [1.29, 1.82) is 0 Å². The molecule has 0 aliphatic heterocycles. The summed E-state index contributed by atoms with van der Waals surface area (Å²) in [7, 11) is -2.44. The van der Waals surface area contributed by atoms with Crippen molar-refractivity contribution in [2.24, 2.45) is 0 Å². The van der Waals surface area contributed by atoms with E-state index in [0.29, 0.717) is 16.7 Å². The number of ether oxygens (including phenoxy) is 1. The molecule has 1 fully saturated rings. The molecular formula is C15H18NO4P. The molecule has 1 aromatic carbocycles. The third kappa shape index (κ3) is 3.80. The summed E-state index contributed by atoms with van der Waals surface area (Å²) in [6.07, 6.45) is 6.08. The Hall–Kier alpha value is -1.92. The highest BCUT2D eigenvalue weighted by atomic mass is 31.2. The predicted octanol–water partition coefficient (Wildman–Crippen LogP) is 2.59. The van der Waals surface area contributed by atoms with Gasteiger partial charge < -0.3 is 14.4 Å². The standard InChI is InChI=1S/C15H18NO4P/c1-4-9-16(15(17)18)13-8-7-12(21(2,3)19)10-14(13)20-11-5-6-11/h1,7-8,10-11H,5-6,9H2,2-3H3,(H,17,18). The van der Waals surface area contributed by atoms with E-state index in [-0.39, 0.29) is 12.6 Å². The highest BCUT2D eigenvalue weighted by Crippen LogP contribution is 2.40. The van der Waals surface area contributed by atoms with Gasteiger partial charge in [-0.1, -0.05) is 5.92 Å². The van der Waals surface area contributed by atoms with Gasteiger partial charge >= 0.3 is 6.09 Å². The molecule has 1 aliphatic rings. The summed E-state index contributed by atoms with van der Waals surface area (Å²) < 4.78 is 18.0. The fraction of sp³-hybridized carbons (Fsp3) is 0.400. The second-order valence-electron chi connectivity index (χ2n) is 5.39. The number of hydrogen-bond donors (Lipinski definition) is 1. The summed E-state index contributed by atoms with van der Waals surface area (Å²) in [6.45, 7) is 3.27. The lowest BCUT2D eigenvalue weighted by Crippen LogP contribution is -2.30. The SMILES string of the molecule is C#CCN(C(=O)O)c1ccc(P(C)(C)=O)cc1OC1CC1. The van der Waals surface area contributed by atoms with E-state index in [4.69, 9.17) is 11.2 Å². The molecule has 1 N–H and O–H groups in total. The minimum absolute atomic E-state index is 0.0639. The molecule has 1 aromatic rings. The number of benzene rings is 1. The van der Waals surface area contributed by atoms with Crippen LogP contribution in [-0.2, 0) is 4.57 Å². The van der Waals surface area contributed by atoms with Crippen LogP contribution in [0.5, 0.6) is 5.75 Å². The van der Waals surface area contributed by atoms with Crippen LogP contribution in [0.2, 0.25) is 0 Å². The van der Waals surface area contributed by atoms with Crippen LogP contribution >= 0.6 is 7.14 Å². The number of hydrogen-bond acceptors (Lipinski definition) is 3. The lowest BCUT2D eigenvalue weighted by Gasteiger charge is -2.21. The molecule has 112 valence electrons. The van der Waals surface area contributed by atoms with Crippen molar-refractivity contribution in [1.82, 2.24) is 0 Å². The predicted molar refractivity (Wildman–Crippen MR) is 83.4 cm³/mol. The molecule has 0 atom stereocenters. The molecule has 0 saturated heterocycles. The van der Waals surface area contributed by atoms with E-state index < -0.39 is 13.2 Å². The number of nitrogens with zero attached hydrogens (tertiary/aromatic N) is 1. The van der Waals surface area contributed by atoms with E-state index in [2.05, 4.69) is 5.92 Å². The van der Waals surface area contributed by atoms with E-state index in [9.17, 15) is 14.5 Å². The zero-order valence-corrected chi connectivity index (χ0v) is 13.0. The quantitative estimate of drug-likeness (QED) is 0.670. The number of carboxylic acid groups (broad SMARTS) is 1. The molecule has 0 spiro atoms. The Kier molecular flexibility index (Phi) is 4.29. The van der Waals surface area contributed by atoms with Gasteiger partial charge in [-0.25, -0.2) is 4.79 Å². The number of carbonyl (C=O) groups is 1. The van der Waals surface area contributed by atoms with Gasteiger partial charge in [0.1, 0.15) is 12.9 Å². The monoisotopic (exact) mass is 307 g/mol. The van der Waals surface area contributed by atoms with Crippen LogP contribution in [0, 0.1) is 12.3 Å². The molecule has 21 heavy (non-hydrogen) atoms. The summed E-state index contributed by atoms with van der Waals surface area (Å²) in [4.78, 5) is 12.4. The Bertz CT molecular complexity index is 640. The topological polar surface area (TPSA) is 66.8 Å². The molecule has 0 bridgehead atoms. The summed E-state index contributed by atoms with van der Waals surface area (Å²) >= 11 is 0. The summed E-state index contributed by atoms with van der Waals surface area (Å²) in [5, 5.41) is 9.94. The van der Waals surface area contributed by atoms with Gasteiger partial charge in [0.2, 0.25) is 0 Å². The summed E-state index contributed by atoms with van der Waals surface area (Å²) in [5.74, 6) is 2.75. The zero-order valence-electron chi connectivity index (χ0n) is 12.1. The van der Waals surface area contributed by atoms with E-state index in [1.807, 2.05) is 0 Å². The first kappa shape index (κ1) is 15.5. The first-order valence-electron chi connectivity index (χ1n) is 6.63. The van der Waals surface area contributed by atoms with Crippen molar-refractivity contribution < 1.29 is 19.2 Å². The Labute approximate surface area is 124 Å². The third-order valence-electron chi connectivity index (χ3n) is 3.15. The Balaban J connectivity index is 2.45. The van der Waals surface area contributed by atoms with Gasteiger partial charge in [0.25, 0.3) is 0 Å². The number of terminal acetylenes is 1. The maximum atomic E-state index is 12.2. The van der Waals surface area contributed by atoms with Gasteiger partial charge in [-0.15, -0.1) is 6.42 Å². The Morgan fingerprint density at radius 1 is 1.52 bits per heavy atom. The maximum absolute atomic E-state index is 12.2. The minimum atomic E-state index is -2.44. The van der Waals surface area contributed by atoms with Gasteiger partial charge in [-0.3, -0.25) is 4.90 Å². The fourth-order valence-corrected chi connectivity index (χ4v) is 2.73. The molecule has 6 heteroatoms. The van der Waals surface area contributed by atoms with Crippen LogP contribution in [0.25, 0.3) is 0 Å². The van der Waals surface area contributed by atoms with Crippen molar-refractivity contribution in [2.75, 3.05) is 24.8 Å². The second kappa shape index (κ2) is 5.83. The molecule has 1 saturated carbocycles. The molecule has 1 aliphatic carbocycles. The van der Waals surface area contributed by atoms with Crippen molar-refractivity contribution in [3.63, 3.8) is 0 Å². The van der Waals surface area contributed by atoms with Crippen molar-refractivity contribution >= 4 is 24.2 Å². The maximum Gasteiger partial charge on any atom is 0.412 e. The van der Waals surface area contributed by atoms with E-state index in [1.165, 1.54) is 0 Å². The summed E-state index contributed by atoms with van der Waals surface area (Å²) in [6, 6.07) is 4.95. The largest absolute Gasteiger partial charge is 0.488 e. The Morgan fingerprint density at radius 2 is 2.19 bits per heavy atom. The molecule has 2 rings (SSSR count). The van der Waals surface area contributed by atoms with Crippen molar-refractivity contribution in [3.05, 3.63) is 18.2 Å². The number of anilines is 1. The molecule has 1 amide bonds. The molecule has 0 radical (unpaired) electrons. The normalized spacial score (nSPS) is 14.3. The molecular weight excluding hydrogens is 289 g/mol. The first-order valence-corrected chi connectivity index (χ1v) is 9.23. The average Bonchev–Trinajstić information content (AvgIpc) is 3.19. The number of amides is 1. The van der Waals surface area contributed by atoms with Crippen LogP contribution in [0.1, 0.15) is 12.8 Å². The molecule has 5 nitrogen and oxygen atoms in total. The third-order valence-corrected chi connectivity index (χ3v) is 4.68.